The fourth-order valence-electron chi connectivity index (χ4n) is 2.51. The molecule has 0 fully saturated rings. The first-order valence-electron chi connectivity index (χ1n) is 9.76. The zero-order valence-corrected chi connectivity index (χ0v) is 18.7. The summed E-state index contributed by atoms with van der Waals surface area (Å²) in [7, 11) is -2.62. The second-order valence-corrected chi connectivity index (χ2v) is 8.61. The lowest BCUT2D eigenvalue weighted by atomic mass is 10.2. The van der Waals surface area contributed by atoms with Crippen molar-refractivity contribution in [3.05, 3.63) is 95.8 Å². The minimum atomic E-state index is -3.85. The predicted octanol–water partition coefficient (Wildman–Crippen LogP) is 3.17. The molecule has 0 heterocycles. The highest BCUT2D eigenvalue weighted by Crippen LogP contribution is 2.16. The van der Waals surface area contributed by atoms with E-state index in [1.807, 2.05) is 37.3 Å². The summed E-state index contributed by atoms with van der Waals surface area (Å²) in [6.07, 6.45) is 5.06. The van der Waals surface area contributed by atoms with Gasteiger partial charge in [0.1, 0.15) is 6.61 Å². The first-order valence-corrected chi connectivity index (χ1v) is 11.2. The number of aryl methyl sites for hydroxylation is 1. The van der Waals surface area contributed by atoms with Gasteiger partial charge in [0.25, 0.3) is 0 Å². The van der Waals surface area contributed by atoms with Crippen LogP contribution in [0.1, 0.15) is 11.1 Å². The summed E-state index contributed by atoms with van der Waals surface area (Å²) in [6.45, 7) is 1.84. The molecule has 0 aliphatic heterocycles. The molecule has 8 heteroatoms. The third-order valence-corrected chi connectivity index (χ3v) is 6.11. The van der Waals surface area contributed by atoms with E-state index in [-0.39, 0.29) is 24.6 Å². The molecular weight excluding hydrogens is 430 g/mol. The van der Waals surface area contributed by atoms with Crippen LogP contribution < -0.4 is 0 Å². The van der Waals surface area contributed by atoms with Crippen molar-refractivity contribution in [2.24, 2.45) is 0 Å². The standard InChI is InChI=1S/C24H25NO6S/c1-20-13-15-22(16-14-20)32(28,29)25(17-7-6-11-23(26)30-2)18-8-12-24(27)31-19-21-9-4-3-5-10-21/h3-5,7-16H,17-19H2,1-2H3/b12-8+. The quantitative estimate of drug-likeness (QED) is 0.311. The lowest BCUT2D eigenvalue weighted by molar-refractivity contribution is -0.139. The Balaban J connectivity index is 2.10. The molecule has 0 spiro atoms. The Morgan fingerprint density at radius 1 is 1.00 bits per heavy atom. The number of nitrogens with zero attached hydrogens (tertiary/aromatic N) is 1. The van der Waals surface area contributed by atoms with Crippen molar-refractivity contribution >= 4 is 22.0 Å². The highest BCUT2D eigenvalue weighted by Gasteiger charge is 2.22. The van der Waals surface area contributed by atoms with Gasteiger partial charge in [0.05, 0.1) is 18.1 Å². The van der Waals surface area contributed by atoms with Crippen molar-refractivity contribution in [3.63, 3.8) is 0 Å². The number of methoxy groups -OCH3 is 1. The van der Waals surface area contributed by atoms with Crippen LogP contribution in [0.25, 0.3) is 0 Å². The van der Waals surface area contributed by atoms with Crippen LogP contribution in [0.3, 0.4) is 0 Å². The van der Waals surface area contributed by atoms with Gasteiger partial charge in [0.2, 0.25) is 10.0 Å². The van der Waals surface area contributed by atoms with Gasteiger partial charge < -0.3 is 9.47 Å². The molecule has 2 rings (SSSR count). The van der Waals surface area contributed by atoms with Crippen molar-refractivity contribution < 1.29 is 27.5 Å². The average Bonchev–Trinajstić information content (AvgIpc) is 2.79. The number of sulfonamides is 1. The van der Waals surface area contributed by atoms with E-state index in [4.69, 9.17) is 4.74 Å². The Morgan fingerprint density at radius 3 is 2.34 bits per heavy atom. The molecule has 7 nitrogen and oxygen atoms in total. The Hall–Kier alpha value is -3.45. The van der Waals surface area contributed by atoms with Crippen molar-refractivity contribution in [2.45, 2.75) is 18.4 Å². The van der Waals surface area contributed by atoms with Gasteiger partial charge in [0, 0.05) is 19.2 Å². The fourth-order valence-corrected chi connectivity index (χ4v) is 3.85. The number of carbonyl (C=O) groups excluding carboxylic acids is 2. The minimum absolute atomic E-state index is 0.0624. The first-order chi connectivity index (χ1) is 15.3. The molecule has 0 aromatic heterocycles. The second kappa shape index (κ2) is 12.4. The van der Waals surface area contributed by atoms with E-state index in [1.54, 1.807) is 12.1 Å². The second-order valence-electron chi connectivity index (χ2n) is 6.67. The molecule has 0 unspecified atom stereocenters. The summed E-state index contributed by atoms with van der Waals surface area (Å²) in [5, 5.41) is 0. The van der Waals surface area contributed by atoms with E-state index in [2.05, 4.69) is 10.5 Å². The zero-order valence-electron chi connectivity index (χ0n) is 17.9. The Labute approximate surface area is 188 Å². The number of hydrogen-bond donors (Lipinski definition) is 0. The van der Waals surface area contributed by atoms with Crippen LogP contribution in [-0.2, 0) is 35.7 Å². The molecule has 32 heavy (non-hydrogen) atoms. The SMILES string of the molecule is COC(=O)C=C=CCN(C/C=C/C(=O)OCc1ccccc1)S(=O)(=O)c1ccc(C)cc1. The first kappa shape index (κ1) is 24.8. The molecular formula is C24H25NO6S. The highest BCUT2D eigenvalue weighted by atomic mass is 32.2. The maximum absolute atomic E-state index is 13.0. The van der Waals surface area contributed by atoms with Crippen molar-refractivity contribution in [1.82, 2.24) is 4.31 Å². The third-order valence-electron chi connectivity index (χ3n) is 4.26. The zero-order chi connectivity index (χ0) is 23.4. The van der Waals surface area contributed by atoms with Gasteiger partial charge in [-0.1, -0.05) is 54.1 Å². The van der Waals surface area contributed by atoms with Gasteiger partial charge in [-0.2, -0.15) is 4.31 Å². The molecule has 0 radical (unpaired) electrons. The summed E-state index contributed by atoms with van der Waals surface area (Å²) >= 11 is 0. The number of hydrogen-bond acceptors (Lipinski definition) is 6. The maximum atomic E-state index is 13.0. The van der Waals surface area contributed by atoms with E-state index >= 15 is 0 Å². The van der Waals surface area contributed by atoms with Crippen molar-refractivity contribution in [2.75, 3.05) is 20.2 Å². The van der Waals surface area contributed by atoms with Crippen LogP contribution in [-0.4, -0.2) is 44.9 Å². The van der Waals surface area contributed by atoms with Gasteiger partial charge in [-0.05, 0) is 30.7 Å². The van der Waals surface area contributed by atoms with Crippen LogP contribution in [0.4, 0.5) is 0 Å². The van der Waals surface area contributed by atoms with E-state index in [9.17, 15) is 18.0 Å². The number of rotatable bonds is 10. The summed E-state index contributed by atoms with van der Waals surface area (Å²) in [4.78, 5) is 23.3. The van der Waals surface area contributed by atoms with Gasteiger partial charge >= 0.3 is 11.9 Å². The molecule has 0 bridgehead atoms. The Bertz CT molecular complexity index is 1100. The minimum Gasteiger partial charge on any atom is -0.465 e. The molecule has 0 saturated carbocycles. The lowest BCUT2D eigenvalue weighted by Gasteiger charge is -2.19. The molecule has 0 atom stereocenters. The topological polar surface area (TPSA) is 90.0 Å². The van der Waals surface area contributed by atoms with Crippen LogP contribution in [0.5, 0.6) is 0 Å². The number of benzene rings is 2. The van der Waals surface area contributed by atoms with Gasteiger partial charge in [-0.15, -0.1) is 5.73 Å². The summed E-state index contributed by atoms with van der Waals surface area (Å²) < 4.78 is 36.9. The van der Waals surface area contributed by atoms with Crippen LogP contribution in [0, 0.1) is 6.92 Å². The Kier molecular flexibility index (Phi) is 9.63. The molecule has 0 aliphatic rings. The van der Waals surface area contributed by atoms with Crippen LogP contribution in [0.2, 0.25) is 0 Å². The molecule has 0 saturated heterocycles. The monoisotopic (exact) mass is 455 g/mol. The predicted molar refractivity (Wildman–Crippen MR) is 120 cm³/mol. The maximum Gasteiger partial charge on any atom is 0.338 e. The summed E-state index contributed by atoms with van der Waals surface area (Å²) in [5.74, 6) is -1.18. The highest BCUT2D eigenvalue weighted by molar-refractivity contribution is 7.89. The van der Waals surface area contributed by atoms with E-state index in [1.165, 1.54) is 37.5 Å². The third kappa shape index (κ3) is 8.00. The molecule has 0 N–H and O–H groups in total. The van der Waals surface area contributed by atoms with E-state index in [0.29, 0.717) is 0 Å². The van der Waals surface area contributed by atoms with Crippen molar-refractivity contribution in [3.8, 4) is 0 Å². The van der Waals surface area contributed by atoms with Gasteiger partial charge in [-0.25, -0.2) is 18.0 Å². The van der Waals surface area contributed by atoms with Gasteiger partial charge in [0.15, 0.2) is 0 Å². The van der Waals surface area contributed by atoms with Crippen LogP contribution in [0.15, 0.2) is 89.5 Å². The number of esters is 2. The smallest absolute Gasteiger partial charge is 0.338 e. The summed E-state index contributed by atoms with van der Waals surface area (Å²) in [5.41, 5.74) is 4.37. The Morgan fingerprint density at radius 2 is 1.69 bits per heavy atom. The van der Waals surface area contributed by atoms with Crippen molar-refractivity contribution in [1.29, 1.82) is 0 Å². The average molecular weight is 456 g/mol. The molecule has 2 aromatic carbocycles. The largest absolute Gasteiger partial charge is 0.465 e. The molecule has 0 amide bonds. The molecule has 0 aliphatic carbocycles. The summed E-state index contributed by atoms with van der Waals surface area (Å²) in [6, 6.07) is 15.7. The lowest BCUT2D eigenvalue weighted by Crippen LogP contribution is -2.31. The van der Waals surface area contributed by atoms with Gasteiger partial charge in [-0.3, -0.25) is 0 Å². The van der Waals surface area contributed by atoms with E-state index < -0.39 is 22.0 Å². The number of carbonyl (C=O) groups is 2. The van der Waals surface area contributed by atoms with E-state index in [0.717, 1.165) is 21.5 Å². The van der Waals surface area contributed by atoms with Crippen LogP contribution >= 0.6 is 0 Å². The normalized spacial score (nSPS) is 11.1. The molecule has 2 aromatic rings. The number of ether oxygens (including phenoxy) is 2. The fraction of sp³-hybridized carbons (Fsp3) is 0.208. The molecule has 168 valence electrons.